The molecule has 6 heteroatoms. The summed E-state index contributed by atoms with van der Waals surface area (Å²) in [6.45, 7) is 2.14. The van der Waals surface area contributed by atoms with E-state index in [4.69, 9.17) is 5.73 Å². The monoisotopic (exact) mass is 248 g/mol. The van der Waals surface area contributed by atoms with Gasteiger partial charge in [-0.1, -0.05) is 0 Å². The van der Waals surface area contributed by atoms with Crippen LogP contribution in [0.15, 0.2) is 24.4 Å². The topological polar surface area (TPSA) is 83.8 Å². The molecule has 0 saturated carbocycles. The van der Waals surface area contributed by atoms with E-state index in [1.807, 2.05) is 6.92 Å². The molecule has 1 heterocycles. The van der Waals surface area contributed by atoms with Crippen molar-refractivity contribution in [2.24, 2.45) is 0 Å². The Labute approximate surface area is 103 Å². The van der Waals surface area contributed by atoms with Crippen LogP contribution in [0.5, 0.6) is 0 Å². The second-order valence-corrected chi connectivity index (χ2v) is 3.94. The summed E-state index contributed by atoms with van der Waals surface area (Å²) in [7, 11) is 0. The van der Waals surface area contributed by atoms with Gasteiger partial charge in [-0.05, 0) is 25.1 Å². The molecule has 18 heavy (non-hydrogen) atoms. The summed E-state index contributed by atoms with van der Waals surface area (Å²) < 4.78 is 13.5. The first kappa shape index (κ1) is 12.1. The van der Waals surface area contributed by atoms with Crippen LogP contribution in [0, 0.1) is 12.7 Å². The Hall–Kier alpha value is -2.37. The molecule has 1 aromatic heterocycles. The van der Waals surface area contributed by atoms with E-state index >= 15 is 0 Å². The Morgan fingerprint density at radius 3 is 2.94 bits per heavy atom. The number of aromatic nitrogens is 2. The van der Waals surface area contributed by atoms with Crippen molar-refractivity contribution in [3.05, 3.63) is 47.0 Å². The van der Waals surface area contributed by atoms with Crippen LogP contribution in [0.3, 0.4) is 0 Å². The molecule has 0 aliphatic heterocycles. The molecule has 0 aliphatic rings. The Morgan fingerprint density at radius 1 is 1.56 bits per heavy atom. The second-order valence-electron chi connectivity index (χ2n) is 3.94. The van der Waals surface area contributed by atoms with Crippen LogP contribution >= 0.6 is 0 Å². The summed E-state index contributed by atoms with van der Waals surface area (Å²) in [4.78, 5) is 11.8. The molecule has 0 saturated heterocycles. The zero-order valence-electron chi connectivity index (χ0n) is 9.83. The second kappa shape index (κ2) is 4.87. The lowest BCUT2D eigenvalue weighted by Gasteiger charge is -2.06. The molecule has 1 amide bonds. The first-order chi connectivity index (χ1) is 8.58. The SMILES string of the molecule is Cc1[nH]ncc1CNC(=O)c1ccc(N)cc1F. The quantitative estimate of drug-likeness (QED) is 0.717. The molecule has 1 aromatic carbocycles. The zero-order chi connectivity index (χ0) is 13.1. The molecule has 0 atom stereocenters. The number of aryl methyl sites for hydroxylation is 1. The Kier molecular flexibility index (Phi) is 3.27. The lowest BCUT2D eigenvalue weighted by atomic mass is 10.1. The highest BCUT2D eigenvalue weighted by Gasteiger charge is 2.12. The van der Waals surface area contributed by atoms with Crippen molar-refractivity contribution in [3.8, 4) is 0 Å². The van der Waals surface area contributed by atoms with E-state index in [0.29, 0.717) is 6.54 Å². The first-order valence-corrected chi connectivity index (χ1v) is 5.40. The maximum atomic E-state index is 13.5. The molecular formula is C12H13FN4O. The fraction of sp³-hybridized carbons (Fsp3) is 0.167. The van der Waals surface area contributed by atoms with E-state index in [2.05, 4.69) is 15.5 Å². The third kappa shape index (κ3) is 2.48. The number of hydrogen-bond acceptors (Lipinski definition) is 3. The minimum absolute atomic E-state index is 0.0228. The predicted molar refractivity (Wildman–Crippen MR) is 65.3 cm³/mol. The van der Waals surface area contributed by atoms with Crippen LogP contribution in [0.25, 0.3) is 0 Å². The van der Waals surface area contributed by atoms with Crippen LogP contribution in [0.2, 0.25) is 0 Å². The van der Waals surface area contributed by atoms with Gasteiger partial charge in [0.15, 0.2) is 0 Å². The average Bonchev–Trinajstić information content (AvgIpc) is 2.72. The molecule has 0 radical (unpaired) electrons. The van der Waals surface area contributed by atoms with Gasteiger partial charge in [-0.25, -0.2) is 4.39 Å². The molecule has 2 aromatic rings. The number of hydrogen-bond donors (Lipinski definition) is 3. The molecule has 0 fully saturated rings. The standard InChI is InChI=1S/C12H13FN4O/c1-7-8(6-16-17-7)5-15-12(18)10-3-2-9(14)4-11(10)13/h2-4,6H,5,14H2,1H3,(H,15,18)(H,16,17). The number of carbonyl (C=O) groups excluding carboxylic acids is 1. The average molecular weight is 248 g/mol. The van der Waals surface area contributed by atoms with Gasteiger partial charge in [0.2, 0.25) is 0 Å². The highest BCUT2D eigenvalue weighted by molar-refractivity contribution is 5.94. The number of nitrogens with one attached hydrogen (secondary N) is 2. The van der Waals surface area contributed by atoms with Crippen LogP contribution in [-0.4, -0.2) is 16.1 Å². The number of nitrogens with zero attached hydrogens (tertiary/aromatic N) is 1. The smallest absolute Gasteiger partial charge is 0.254 e. The van der Waals surface area contributed by atoms with Crippen molar-refractivity contribution in [1.82, 2.24) is 15.5 Å². The van der Waals surface area contributed by atoms with Crippen LogP contribution in [0.1, 0.15) is 21.6 Å². The number of halogens is 1. The van der Waals surface area contributed by atoms with E-state index < -0.39 is 11.7 Å². The number of amides is 1. The van der Waals surface area contributed by atoms with E-state index in [1.165, 1.54) is 12.1 Å². The van der Waals surface area contributed by atoms with Crippen molar-refractivity contribution in [2.45, 2.75) is 13.5 Å². The highest BCUT2D eigenvalue weighted by Crippen LogP contribution is 2.12. The molecule has 94 valence electrons. The number of carbonyl (C=O) groups is 1. The third-order valence-electron chi connectivity index (χ3n) is 2.61. The van der Waals surface area contributed by atoms with Crippen molar-refractivity contribution in [1.29, 1.82) is 0 Å². The highest BCUT2D eigenvalue weighted by atomic mass is 19.1. The van der Waals surface area contributed by atoms with Crippen molar-refractivity contribution in [2.75, 3.05) is 5.73 Å². The summed E-state index contributed by atoms with van der Waals surface area (Å²) in [6, 6.07) is 3.97. The minimum atomic E-state index is -0.628. The van der Waals surface area contributed by atoms with E-state index in [-0.39, 0.29) is 11.3 Å². The number of H-pyrrole nitrogens is 1. The lowest BCUT2D eigenvalue weighted by Crippen LogP contribution is -2.24. The van der Waals surface area contributed by atoms with Crippen molar-refractivity contribution in [3.63, 3.8) is 0 Å². The molecule has 0 aliphatic carbocycles. The van der Waals surface area contributed by atoms with Crippen molar-refractivity contribution >= 4 is 11.6 Å². The number of aromatic amines is 1. The van der Waals surface area contributed by atoms with Gasteiger partial charge in [0.1, 0.15) is 5.82 Å². The number of anilines is 1. The molecule has 4 N–H and O–H groups in total. The van der Waals surface area contributed by atoms with Gasteiger partial charge in [-0.15, -0.1) is 0 Å². The molecular weight excluding hydrogens is 235 g/mol. The summed E-state index contributed by atoms with van der Waals surface area (Å²) >= 11 is 0. The predicted octanol–water partition coefficient (Wildman–Crippen LogP) is 1.37. The number of nitrogen functional groups attached to an aromatic ring is 1. The van der Waals surface area contributed by atoms with E-state index in [9.17, 15) is 9.18 Å². The largest absolute Gasteiger partial charge is 0.399 e. The molecule has 0 unspecified atom stereocenters. The number of nitrogens with two attached hydrogens (primary N) is 1. The van der Waals surface area contributed by atoms with Crippen LogP contribution < -0.4 is 11.1 Å². The maximum Gasteiger partial charge on any atom is 0.254 e. The minimum Gasteiger partial charge on any atom is -0.399 e. The van der Waals surface area contributed by atoms with Crippen LogP contribution in [-0.2, 0) is 6.54 Å². The van der Waals surface area contributed by atoms with Crippen molar-refractivity contribution < 1.29 is 9.18 Å². The Balaban J connectivity index is 2.06. The Morgan fingerprint density at radius 2 is 2.33 bits per heavy atom. The Bertz CT molecular complexity index is 579. The van der Waals surface area contributed by atoms with Gasteiger partial charge < -0.3 is 11.1 Å². The van der Waals surface area contributed by atoms with Gasteiger partial charge >= 0.3 is 0 Å². The van der Waals surface area contributed by atoms with Gasteiger partial charge in [-0.3, -0.25) is 9.89 Å². The lowest BCUT2D eigenvalue weighted by molar-refractivity contribution is 0.0947. The summed E-state index contributed by atoms with van der Waals surface area (Å²) in [5.41, 5.74) is 7.41. The molecule has 5 nitrogen and oxygen atoms in total. The molecule has 0 spiro atoms. The van der Waals surface area contributed by atoms with Gasteiger partial charge in [0.25, 0.3) is 5.91 Å². The summed E-state index contributed by atoms with van der Waals surface area (Å²) in [5, 5.41) is 9.22. The third-order valence-corrected chi connectivity index (χ3v) is 2.61. The zero-order valence-corrected chi connectivity index (χ0v) is 9.83. The fourth-order valence-corrected chi connectivity index (χ4v) is 1.54. The summed E-state index contributed by atoms with van der Waals surface area (Å²) in [5.74, 6) is -1.11. The first-order valence-electron chi connectivity index (χ1n) is 5.40. The van der Waals surface area contributed by atoms with E-state index in [0.717, 1.165) is 17.3 Å². The normalized spacial score (nSPS) is 10.3. The fourth-order valence-electron chi connectivity index (χ4n) is 1.54. The molecule has 0 bridgehead atoms. The number of benzene rings is 1. The van der Waals surface area contributed by atoms with Gasteiger partial charge in [0.05, 0.1) is 11.8 Å². The molecule has 2 rings (SSSR count). The van der Waals surface area contributed by atoms with Gasteiger partial charge in [0, 0.05) is 23.5 Å². The van der Waals surface area contributed by atoms with Crippen LogP contribution in [0.4, 0.5) is 10.1 Å². The number of rotatable bonds is 3. The summed E-state index contributed by atoms with van der Waals surface area (Å²) in [6.07, 6.45) is 1.62. The maximum absolute atomic E-state index is 13.5. The van der Waals surface area contributed by atoms with Gasteiger partial charge in [-0.2, -0.15) is 5.10 Å². The van der Waals surface area contributed by atoms with E-state index in [1.54, 1.807) is 6.20 Å².